The molecule has 2 N–H and O–H groups in total. The molecule has 0 aliphatic rings. The summed E-state index contributed by atoms with van der Waals surface area (Å²) in [6, 6.07) is 0. The minimum atomic E-state index is 0. The molecule has 0 bridgehead atoms. The minimum Gasteiger partial charge on any atom is -1.00 e. The number of rotatable bonds is 0. The number of nitrogens with two attached hydrogens (primary N) is 1. The van der Waals surface area contributed by atoms with Crippen molar-refractivity contribution in [3.63, 3.8) is 0 Å². The van der Waals surface area contributed by atoms with Gasteiger partial charge in [0.1, 0.15) is 0 Å². The predicted molar refractivity (Wildman–Crippen MR) is 10.3 cm³/mol. The van der Waals surface area contributed by atoms with Crippen molar-refractivity contribution in [2.75, 3.05) is 0 Å². The van der Waals surface area contributed by atoms with E-state index in [1.165, 1.54) is 0 Å². The molecule has 26 valence electrons. The van der Waals surface area contributed by atoms with E-state index in [9.17, 15) is 0 Å². The van der Waals surface area contributed by atoms with E-state index in [0.29, 0.717) is 0 Å². The molecule has 0 rings (SSSR count). The molecule has 0 aliphatic carbocycles. The van der Waals surface area contributed by atoms with Crippen LogP contribution in [-0.4, -0.2) is 6.41 Å². The van der Waals surface area contributed by atoms with Crippen molar-refractivity contribution in [1.29, 1.82) is 0 Å². The maximum Gasteiger partial charge on any atom is 1.00 e. The third-order valence-electron chi connectivity index (χ3n) is 0. The molecule has 0 spiro atoms. The SMILES string of the molecule is NC=O.[I-].[Na+]. The molecule has 0 atom stereocenters. The summed E-state index contributed by atoms with van der Waals surface area (Å²) in [4.78, 5) is 8.58. The number of hydrogen-bond acceptors (Lipinski definition) is 1. The summed E-state index contributed by atoms with van der Waals surface area (Å²) >= 11 is 0. The van der Waals surface area contributed by atoms with E-state index in [2.05, 4.69) is 5.73 Å². The third kappa shape index (κ3) is 37.0. The monoisotopic (exact) mass is 195 g/mol. The van der Waals surface area contributed by atoms with Gasteiger partial charge in [-0.3, -0.25) is 4.79 Å². The van der Waals surface area contributed by atoms with Crippen LogP contribution >= 0.6 is 0 Å². The van der Waals surface area contributed by atoms with Gasteiger partial charge in [-0.15, -0.1) is 0 Å². The zero-order valence-corrected chi connectivity index (χ0v) is 7.10. The van der Waals surface area contributed by atoms with Gasteiger partial charge < -0.3 is 29.7 Å². The first-order valence-electron chi connectivity index (χ1n) is 0.569. The van der Waals surface area contributed by atoms with Gasteiger partial charge >= 0.3 is 29.6 Å². The average Bonchev–Trinajstić information content (AvgIpc) is 0.918. The molecule has 4 heteroatoms. The van der Waals surface area contributed by atoms with Gasteiger partial charge in [-0.2, -0.15) is 0 Å². The van der Waals surface area contributed by atoms with Gasteiger partial charge in [0.25, 0.3) is 0 Å². The number of carbonyl (C=O) groups excluding carboxylic acids is 1. The molecule has 0 fully saturated rings. The summed E-state index contributed by atoms with van der Waals surface area (Å²) in [6.45, 7) is 0. The second-order valence-corrected chi connectivity index (χ2v) is 0.136. The molecule has 2 nitrogen and oxygen atoms in total. The molecule has 0 saturated heterocycles. The Morgan fingerprint density at radius 2 is 1.60 bits per heavy atom. The number of carbonyl (C=O) groups is 1. The Bertz CT molecular complexity index is 19.1. The van der Waals surface area contributed by atoms with E-state index in [1.807, 2.05) is 0 Å². The van der Waals surface area contributed by atoms with Crippen LogP contribution in [0, 0.1) is 0 Å². The van der Waals surface area contributed by atoms with E-state index >= 15 is 0 Å². The van der Waals surface area contributed by atoms with Gasteiger partial charge in [0, 0.05) is 0 Å². The zero-order chi connectivity index (χ0) is 2.71. The van der Waals surface area contributed by atoms with Gasteiger partial charge in [0.05, 0.1) is 0 Å². The van der Waals surface area contributed by atoms with Crippen molar-refractivity contribution in [2.24, 2.45) is 5.73 Å². The Labute approximate surface area is 69.8 Å². The molecule has 0 unspecified atom stereocenters. The first-order chi connectivity index (χ1) is 1.41. The number of amides is 1. The summed E-state index contributed by atoms with van der Waals surface area (Å²) in [6.07, 6.45) is 0.250. The first kappa shape index (κ1) is 16.4. The summed E-state index contributed by atoms with van der Waals surface area (Å²) in [5, 5.41) is 0. The fraction of sp³-hybridized carbons (Fsp3) is 0. The zero-order valence-electron chi connectivity index (χ0n) is 2.94. The van der Waals surface area contributed by atoms with Crippen LogP contribution < -0.4 is 59.3 Å². The molecule has 5 heavy (non-hydrogen) atoms. The fourth-order valence-electron chi connectivity index (χ4n) is 0. The quantitative estimate of drug-likeness (QED) is 0.233. The maximum absolute atomic E-state index is 8.58. The van der Waals surface area contributed by atoms with Crippen LogP contribution in [0.2, 0.25) is 0 Å². The van der Waals surface area contributed by atoms with Crippen molar-refractivity contribution in [2.45, 2.75) is 0 Å². The third-order valence-corrected chi connectivity index (χ3v) is 0. The Morgan fingerprint density at radius 1 is 1.60 bits per heavy atom. The van der Waals surface area contributed by atoms with E-state index in [1.54, 1.807) is 0 Å². The van der Waals surface area contributed by atoms with Crippen LogP contribution in [-0.2, 0) is 4.79 Å². The number of halogens is 1. The summed E-state index contributed by atoms with van der Waals surface area (Å²) in [5.41, 5.74) is 4.17. The average molecular weight is 195 g/mol. The molecule has 0 aromatic rings. The second-order valence-electron chi connectivity index (χ2n) is 0.136. The molecular weight excluding hydrogens is 192 g/mol. The van der Waals surface area contributed by atoms with E-state index in [4.69, 9.17) is 4.79 Å². The summed E-state index contributed by atoms with van der Waals surface area (Å²) < 4.78 is 0. The largest absolute Gasteiger partial charge is 1.00 e. The molecule has 0 aromatic carbocycles. The van der Waals surface area contributed by atoms with Gasteiger partial charge in [-0.1, -0.05) is 0 Å². The van der Waals surface area contributed by atoms with E-state index in [0.717, 1.165) is 0 Å². The Morgan fingerprint density at radius 3 is 1.60 bits per heavy atom. The standard InChI is InChI=1S/CH3NO.HI.Na/c2-1-3;;/h1H,(H2,2,3);1H;/q;;+1/p-1. The van der Waals surface area contributed by atoms with Crippen molar-refractivity contribution in [3.05, 3.63) is 0 Å². The van der Waals surface area contributed by atoms with Crippen LogP contribution in [0.5, 0.6) is 0 Å². The fourth-order valence-corrected chi connectivity index (χ4v) is 0. The molecular formula is CH3INNaO. The van der Waals surface area contributed by atoms with Crippen LogP contribution in [0.3, 0.4) is 0 Å². The smallest absolute Gasteiger partial charge is 1.00 e. The van der Waals surface area contributed by atoms with Crippen LogP contribution in [0.15, 0.2) is 0 Å². The number of primary amides is 1. The van der Waals surface area contributed by atoms with Gasteiger partial charge in [-0.25, -0.2) is 0 Å². The Hall–Kier alpha value is 1.20. The second kappa shape index (κ2) is 19.0. The Kier molecular flexibility index (Phi) is 62.1. The normalized spacial score (nSPS) is 2.40. The summed E-state index contributed by atoms with van der Waals surface area (Å²) in [7, 11) is 0. The molecule has 0 heterocycles. The minimum absolute atomic E-state index is 0. The van der Waals surface area contributed by atoms with E-state index < -0.39 is 0 Å². The molecule has 0 aliphatic heterocycles. The topological polar surface area (TPSA) is 43.1 Å². The number of hydrogen-bond donors (Lipinski definition) is 1. The maximum atomic E-state index is 8.58. The van der Waals surface area contributed by atoms with Crippen LogP contribution in [0.1, 0.15) is 0 Å². The molecule has 0 aromatic heterocycles. The van der Waals surface area contributed by atoms with E-state index in [-0.39, 0.29) is 59.9 Å². The van der Waals surface area contributed by atoms with Gasteiger partial charge in [0.2, 0.25) is 6.41 Å². The van der Waals surface area contributed by atoms with Crippen molar-refractivity contribution in [1.82, 2.24) is 0 Å². The van der Waals surface area contributed by atoms with Gasteiger partial charge in [-0.05, 0) is 0 Å². The van der Waals surface area contributed by atoms with Crippen molar-refractivity contribution < 1.29 is 58.3 Å². The molecule has 1 amide bonds. The van der Waals surface area contributed by atoms with Crippen LogP contribution in [0.4, 0.5) is 0 Å². The van der Waals surface area contributed by atoms with Crippen LogP contribution in [0.25, 0.3) is 0 Å². The van der Waals surface area contributed by atoms with Crippen molar-refractivity contribution >= 4 is 6.41 Å². The van der Waals surface area contributed by atoms with Gasteiger partial charge in [0.15, 0.2) is 0 Å². The predicted octanol–water partition coefficient (Wildman–Crippen LogP) is -6.89. The van der Waals surface area contributed by atoms with Crippen molar-refractivity contribution in [3.8, 4) is 0 Å². The Balaban J connectivity index is -0.0000000200. The first-order valence-corrected chi connectivity index (χ1v) is 0.569. The molecule has 0 saturated carbocycles. The molecule has 0 radical (unpaired) electrons. The summed E-state index contributed by atoms with van der Waals surface area (Å²) in [5.74, 6) is 0.